The van der Waals surface area contributed by atoms with Crippen LogP contribution in [-0.2, 0) is 0 Å². The molecule has 0 spiro atoms. The summed E-state index contributed by atoms with van der Waals surface area (Å²) in [7, 11) is 0. The lowest BCUT2D eigenvalue weighted by molar-refractivity contribution is -0.384. The number of benzene rings is 3. The second kappa shape index (κ2) is 8.86. The summed E-state index contributed by atoms with van der Waals surface area (Å²) in [6, 6.07) is 16.7. The third kappa shape index (κ3) is 4.73. The number of nitro groups is 1. The number of imidazole rings is 1. The van der Waals surface area contributed by atoms with E-state index in [4.69, 9.17) is 16.3 Å². The molecule has 4 aromatic rings. The Labute approximate surface area is 186 Å². The number of ether oxygens (including phenoxy) is 1. The number of H-pyrrole nitrogens is 1. The number of carbonyl (C=O) groups is 1. The van der Waals surface area contributed by atoms with E-state index in [0.29, 0.717) is 27.6 Å². The molecule has 0 unspecified atom stereocenters. The van der Waals surface area contributed by atoms with Crippen LogP contribution in [0.1, 0.15) is 21.7 Å². The van der Waals surface area contributed by atoms with Gasteiger partial charge in [-0.1, -0.05) is 11.6 Å². The molecule has 0 bridgehead atoms. The zero-order valence-electron chi connectivity index (χ0n) is 16.7. The van der Waals surface area contributed by atoms with Crippen molar-refractivity contribution in [1.29, 1.82) is 0 Å². The van der Waals surface area contributed by atoms with Gasteiger partial charge in [0.1, 0.15) is 11.5 Å². The van der Waals surface area contributed by atoms with E-state index < -0.39 is 10.8 Å². The molecule has 1 amide bonds. The summed E-state index contributed by atoms with van der Waals surface area (Å²) < 4.78 is 5.79. The monoisotopic (exact) mass is 449 g/mol. The summed E-state index contributed by atoms with van der Waals surface area (Å²) in [5.41, 5.74) is 4.77. The number of halogens is 1. The van der Waals surface area contributed by atoms with Gasteiger partial charge in [0.15, 0.2) is 5.82 Å². The highest BCUT2D eigenvalue weighted by atomic mass is 35.5. The molecule has 0 aliphatic heterocycles. The van der Waals surface area contributed by atoms with Crippen molar-refractivity contribution in [3.63, 3.8) is 0 Å². The highest BCUT2D eigenvalue weighted by Gasteiger charge is 2.13. The molecular weight excluding hydrogens is 434 g/mol. The molecule has 9 nitrogen and oxygen atoms in total. The SMILES string of the molecule is Cc1cc(Oc2ccc(/C=N/NC(=O)c3nc4ccc([N+](=O)[O-])cc4[nH]3)cc2)ccc1Cl. The van der Waals surface area contributed by atoms with Crippen molar-refractivity contribution in [2.24, 2.45) is 5.10 Å². The van der Waals surface area contributed by atoms with Crippen molar-refractivity contribution in [2.75, 3.05) is 0 Å². The number of aromatic nitrogens is 2. The predicted molar refractivity (Wildman–Crippen MR) is 121 cm³/mol. The Morgan fingerprint density at radius 1 is 1.16 bits per heavy atom. The molecule has 0 aliphatic carbocycles. The van der Waals surface area contributed by atoms with Crippen molar-refractivity contribution in [3.8, 4) is 11.5 Å². The van der Waals surface area contributed by atoms with E-state index in [2.05, 4.69) is 20.5 Å². The number of hydrogen-bond acceptors (Lipinski definition) is 6. The molecule has 0 aliphatic rings. The van der Waals surface area contributed by atoms with E-state index in [-0.39, 0.29) is 11.5 Å². The molecule has 3 aromatic carbocycles. The van der Waals surface area contributed by atoms with Crippen LogP contribution in [0.5, 0.6) is 11.5 Å². The van der Waals surface area contributed by atoms with Crippen molar-refractivity contribution in [3.05, 3.63) is 92.8 Å². The number of nitro benzene ring substituents is 1. The van der Waals surface area contributed by atoms with Crippen LogP contribution in [0.3, 0.4) is 0 Å². The fourth-order valence-corrected chi connectivity index (χ4v) is 2.99. The van der Waals surface area contributed by atoms with Crippen molar-refractivity contribution in [2.45, 2.75) is 6.92 Å². The molecule has 0 saturated carbocycles. The molecular formula is C22H16ClN5O4. The van der Waals surface area contributed by atoms with Gasteiger partial charge in [-0.15, -0.1) is 0 Å². The minimum Gasteiger partial charge on any atom is -0.457 e. The van der Waals surface area contributed by atoms with Crippen LogP contribution < -0.4 is 10.2 Å². The van der Waals surface area contributed by atoms with E-state index in [1.165, 1.54) is 24.4 Å². The number of fused-ring (bicyclic) bond motifs is 1. The summed E-state index contributed by atoms with van der Waals surface area (Å²) in [5.74, 6) is 0.749. The minimum absolute atomic E-state index is 0.000321. The zero-order chi connectivity index (χ0) is 22.7. The smallest absolute Gasteiger partial charge is 0.307 e. The van der Waals surface area contributed by atoms with Gasteiger partial charge >= 0.3 is 5.91 Å². The van der Waals surface area contributed by atoms with Crippen LogP contribution in [-0.4, -0.2) is 27.0 Å². The topological polar surface area (TPSA) is 123 Å². The molecule has 4 rings (SSSR count). The number of nitrogens with one attached hydrogen (secondary N) is 2. The van der Waals surface area contributed by atoms with E-state index in [1.54, 1.807) is 36.4 Å². The van der Waals surface area contributed by atoms with Crippen LogP contribution in [0, 0.1) is 17.0 Å². The molecule has 0 fully saturated rings. The second-order valence-corrected chi connectivity index (χ2v) is 7.23. The van der Waals surface area contributed by atoms with E-state index in [1.807, 2.05) is 13.0 Å². The van der Waals surface area contributed by atoms with E-state index in [0.717, 1.165) is 11.1 Å². The lowest BCUT2D eigenvalue weighted by Gasteiger charge is -2.07. The summed E-state index contributed by atoms with van der Waals surface area (Å²) in [6.45, 7) is 1.90. The maximum atomic E-state index is 12.3. The number of hydrogen-bond donors (Lipinski definition) is 2. The number of amides is 1. The van der Waals surface area contributed by atoms with Crippen LogP contribution in [0.25, 0.3) is 11.0 Å². The Morgan fingerprint density at radius 3 is 2.62 bits per heavy atom. The van der Waals surface area contributed by atoms with Gasteiger partial charge in [-0.2, -0.15) is 5.10 Å². The van der Waals surface area contributed by atoms with Gasteiger partial charge in [0.2, 0.25) is 0 Å². The fraction of sp³-hybridized carbons (Fsp3) is 0.0455. The van der Waals surface area contributed by atoms with Crippen LogP contribution in [0.2, 0.25) is 5.02 Å². The first-order valence-electron chi connectivity index (χ1n) is 9.41. The zero-order valence-corrected chi connectivity index (χ0v) is 17.5. The van der Waals surface area contributed by atoms with Crippen LogP contribution in [0.4, 0.5) is 5.69 Å². The third-order valence-corrected chi connectivity index (χ3v) is 4.94. The Balaban J connectivity index is 1.38. The molecule has 32 heavy (non-hydrogen) atoms. The molecule has 0 radical (unpaired) electrons. The quantitative estimate of drug-likeness (QED) is 0.244. The number of aromatic amines is 1. The van der Waals surface area contributed by atoms with Gasteiger partial charge in [-0.3, -0.25) is 14.9 Å². The van der Waals surface area contributed by atoms with Gasteiger partial charge < -0.3 is 9.72 Å². The maximum Gasteiger partial charge on any atom is 0.307 e. The van der Waals surface area contributed by atoms with Gasteiger partial charge in [0.05, 0.1) is 22.2 Å². The highest BCUT2D eigenvalue weighted by Crippen LogP contribution is 2.26. The first-order chi connectivity index (χ1) is 15.4. The number of nitrogens with zero attached hydrogens (tertiary/aromatic N) is 3. The van der Waals surface area contributed by atoms with Crippen molar-refractivity contribution >= 4 is 40.4 Å². The number of aryl methyl sites for hydroxylation is 1. The summed E-state index contributed by atoms with van der Waals surface area (Å²) in [6.07, 6.45) is 1.47. The molecule has 1 aromatic heterocycles. The maximum absolute atomic E-state index is 12.3. The van der Waals surface area contributed by atoms with Gasteiger partial charge in [-0.05, 0) is 66.6 Å². The molecule has 0 saturated heterocycles. The second-order valence-electron chi connectivity index (χ2n) is 6.83. The van der Waals surface area contributed by atoms with Crippen LogP contribution in [0.15, 0.2) is 65.8 Å². The molecule has 1 heterocycles. The summed E-state index contributed by atoms with van der Waals surface area (Å²) in [5, 5.41) is 15.5. The largest absolute Gasteiger partial charge is 0.457 e. The van der Waals surface area contributed by atoms with E-state index >= 15 is 0 Å². The highest BCUT2D eigenvalue weighted by molar-refractivity contribution is 6.31. The Bertz CT molecular complexity index is 1350. The molecule has 0 atom stereocenters. The lowest BCUT2D eigenvalue weighted by Crippen LogP contribution is -2.19. The summed E-state index contributed by atoms with van der Waals surface area (Å²) in [4.78, 5) is 29.5. The summed E-state index contributed by atoms with van der Waals surface area (Å²) >= 11 is 6.02. The Hall–Kier alpha value is -4.24. The first kappa shape index (κ1) is 21.0. The number of rotatable bonds is 6. The van der Waals surface area contributed by atoms with Gasteiger partial charge in [0, 0.05) is 17.2 Å². The standard InChI is InChI=1S/C22H16ClN5O4/c1-13-10-17(7-8-18(13)23)32-16-5-2-14(3-6-16)12-24-27-22(29)21-25-19-9-4-15(28(30)31)11-20(19)26-21/h2-12H,1H3,(H,25,26)(H,27,29)/b24-12+. The normalized spacial score (nSPS) is 11.1. The average molecular weight is 450 g/mol. The predicted octanol–water partition coefficient (Wildman–Crippen LogP) is 4.99. The third-order valence-electron chi connectivity index (χ3n) is 4.52. The average Bonchev–Trinajstić information content (AvgIpc) is 3.21. The Kier molecular flexibility index (Phi) is 5.82. The van der Waals surface area contributed by atoms with Gasteiger partial charge in [0.25, 0.3) is 5.69 Å². The van der Waals surface area contributed by atoms with E-state index in [9.17, 15) is 14.9 Å². The van der Waals surface area contributed by atoms with Crippen LogP contribution >= 0.6 is 11.6 Å². The number of hydrazone groups is 1. The van der Waals surface area contributed by atoms with Gasteiger partial charge in [-0.25, -0.2) is 10.4 Å². The fourth-order valence-electron chi connectivity index (χ4n) is 2.88. The number of carbonyl (C=O) groups excluding carboxylic acids is 1. The number of non-ortho nitro benzene ring substituents is 1. The molecule has 160 valence electrons. The van der Waals surface area contributed by atoms with Crippen molar-refractivity contribution < 1.29 is 14.5 Å². The van der Waals surface area contributed by atoms with Crippen molar-refractivity contribution in [1.82, 2.24) is 15.4 Å². The molecule has 10 heteroatoms. The lowest BCUT2D eigenvalue weighted by atomic mass is 10.2. The molecule has 2 N–H and O–H groups in total. The first-order valence-corrected chi connectivity index (χ1v) is 9.78. The Morgan fingerprint density at radius 2 is 1.91 bits per heavy atom. The minimum atomic E-state index is -0.571.